The van der Waals surface area contributed by atoms with Crippen LogP contribution in [0.25, 0.3) is 22.2 Å². The Hall–Kier alpha value is -2.66. The quantitative estimate of drug-likeness (QED) is 0.533. The molecule has 3 aromatic rings. The van der Waals surface area contributed by atoms with Crippen LogP contribution in [0, 0.1) is 0 Å². The molecule has 1 aromatic carbocycles. The minimum atomic E-state index is 0.0804. The van der Waals surface area contributed by atoms with E-state index in [1.165, 1.54) is 10.9 Å². The molecule has 0 unspecified atom stereocenters. The van der Waals surface area contributed by atoms with E-state index in [0.29, 0.717) is 12.0 Å². The molecule has 5 heteroatoms. The lowest BCUT2D eigenvalue weighted by atomic mass is 9.80. The fourth-order valence-electron chi connectivity index (χ4n) is 4.86. The van der Waals surface area contributed by atoms with Gasteiger partial charge in [0.1, 0.15) is 0 Å². The van der Waals surface area contributed by atoms with Crippen LogP contribution in [0.3, 0.4) is 0 Å². The topological polar surface area (TPSA) is 65.6 Å². The first-order valence-corrected chi connectivity index (χ1v) is 10.3. The first-order valence-electron chi connectivity index (χ1n) is 10.3. The Kier molecular flexibility index (Phi) is 4.95. The predicted molar refractivity (Wildman–Crippen MR) is 121 cm³/mol. The van der Waals surface area contributed by atoms with Gasteiger partial charge in [-0.15, -0.1) is 6.58 Å². The molecule has 1 saturated heterocycles. The number of H-pyrrole nitrogens is 1. The van der Waals surface area contributed by atoms with Crippen molar-refractivity contribution >= 4 is 16.9 Å². The van der Waals surface area contributed by atoms with E-state index in [-0.39, 0.29) is 11.1 Å². The van der Waals surface area contributed by atoms with Crippen molar-refractivity contribution in [1.29, 1.82) is 0 Å². The molecule has 5 nitrogen and oxygen atoms in total. The third kappa shape index (κ3) is 4.35. The molecule has 4 rings (SSSR count). The predicted octanol–water partition coefficient (Wildman–Crippen LogP) is 5.07. The number of aromatic amines is 1. The first kappa shape index (κ1) is 19.6. The normalized spacial score (nSPS) is 18.6. The summed E-state index contributed by atoms with van der Waals surface area (Å²) in [4.78, 5) is 12.7. The second-order valence-electron chi connectivity index (χ2n) is 9.48. The molecule has 0 spiro atoms. The van der Waals surface area contributed by atoms with Gasteiger partial charge in [0.25, 0.3) is 0 Å². The molecule has 3 heterocycles. The van der Waals surface area contributed by atoms with E-state index < -0.39 is 0 Å². The maximum atomic E-state index is 4.83. The van der Waals surface area contributed by atoms with Crippen molar-refractivity contribution in [3.63, 3.8) is 0 Å². The number of allylic oxidation sites excluding steroid dienone is 1. The highest BCUT2D eigenvalue weighted by Crippen LogP contribution is 2.31. The van der Waals surface area contributed by atoms with Crippen LogP contribution < -0.4 is 10.6 Å². The van der Waals surface area contributed by atoms with Crippen molar-refractivity contribution in [2.24, 2.45) is 0 Å². The summed E-state index contributed by atoms with van der Waals surface area (Å²) >= 11 is 0. The number of rotatable bonds is 5. The summed E-state index contributed by atoms with van der Waals surface area (Å²) in [7, 11) is 0. The summed E-state index contributed by atoms with van der Waals surface area (Å²) in [5, 5.41) is 8.48. The summed E-state index contributed by atoms with van der Waals surface area (Å²) in [6, 6.07) is 8.80. The van der Waals surface area contributed by atoms with E-state index in [0.717, 1.165) is 36.0 Å². The highest BCUT2D eigenvalue weighted by Gasteiger charge is 2.37. The smallest absolute Gasteiger partial charge is 0.223 e. The second-order valence-corrected chi connectivity index (χ2v) is 9.48. The molecule has 0 aliphatic carbocycles. The summed E-state index contributed by atoms with van der Waals surface area (Å²) in [6.45, 7) is 12.9. The van der Waals surface area contributed by atoms with Gasteiger partial charge >= 0.3 is 0 Å². The van der Waals surface area contributed by atoms with Gasteiger partial charge in [0.2, 0.25) is 5.95 Å². The minimum Gasteiger partial charge on any atom is -0.360 e. The number of fused-ring (bicyclic) bond motifs is 1. The van der Waals surface area contributed by atoms with Crippen molar-refractivity contribution in [2.45, 2.75) is 64.1 Å². The lowest BCUT2D eigenvalue weighted by Crippen LogP contribution is -2.60. The number of benzene rings is 1. The Bertz CT molecular complexity index is 1010. The molecule has 29 heavy (non-hydrogen) atoms. The van der Waals surface area contributed by atoms with Crippen molar-refractivity contribution in [3.8, 4) is 11.3 Å². The Morgan fingerprint density at radius 2 is 1.93 bits per heavy atom. The van der Waals surface area contributed by atoms with E-state index >= 15 is 0 Å². The van der Waals surface area contributed by atoms with E-state index in [1.807, 2.05) is 24.5 Å². The number of anilines is 1. The fraction of sp³-hybridized carbons (Fsp3) is 0.417. The van der Waals surface area contributed by atoms with Crippen LogP contribution in [-0.2, 0) is 6.42 Å². The van der Waals surface area contributed by atoms with Crippen LogP contribution >= 0.6 is 0 Å². The minimum absolute atomic E-state index is 0.0804. The maximum Gasteiger partial charge on any atom is 0.223 e. The molecule has 0 atom stereocenters. The van der Waals surface area contributed by atoms with Gasteiger partial charge in [-0.1, -0.05) is 18.2 Å². The van der Waals surface area contributed by atoms with Gasteiger partial charge in [-0.25, -0.2) is 9.97 Å². The molecule has 0 saturated carbocycles. The summed E-state index contributed by atoms with van der Waals surface area (Å²) in [5.41, 5.74) is 4.56. The molecule has 0 bridgehead atoms. The zero-order valence-corrected chi connectivity index (χ0v) is 17.8. The Morgan fingerprint density at radius 1 is 1.17 bits per heavy atom. The molecule has 0 radical (unpaired) electrons. The summed E-state index contributed by atoms with van der Waals surface area (Å²) in [5.74, 6) is 0.693. The molecular weight excluding hydrogens is 358 g/mol. The van der Waals surface area contributed by atoms with Crippen molar-refractivity contribution in [2.75, 3.05) is 5.32 Å². The first-order chi connectivity index (χ1) is 13.7. The van der Waals surface area contributed by atoms with Gasteiger partial charge in [0.15, 0.2) is 0 Å². The molecule has 2 aromatic heterocycles. The third-order valence-electron chi connectivity index (χ3n) is 5.58. The zero-order chi connectivity index (χ0) is 20.6. The van der Waals surface area contributed by atoms with E-state index in [1.54, 1.807) is 0 Å². The average molecular weight is 390 g/mol. The van der Waals surface area contributed by atoms with Gasteiger partial charge in [-0.2, -0.15) is 0 Å². The molecule has 0 amide bonds. The van der Waals surface area contributed by atoms with E-state index in [2.05, 4.69) is 73.1 Å². The van der Waals surface area contributed by atoms with Gasteiger partial charge in [0, 0.05) is 46.0 Å². The van der Waals surface area contributed by atoms with Crippen LogP contribution in [0.1, 0.15) is 46.1 Å². The van der Waals surface area contributed by atoms with Crippen molar-refractivity contribution < 1.29 is 0 Å². The molecule has 3 N–H and O–H groups in total. The highest BCUT2D eigenvalue weighted by molar-refractivity contribution is 5.95. The van der Waals surface area contributed by atoms with Crippen LogP contribution in [0.15, 0.2) is 49.3 Å². The largest absolute Gasteiger partial charge is 0.360 e. The molecular formula is C24H31N5. The second kappa shape index (κ2) is 7.30. The summed E-state index contributed by atoms with van der Waals surface area (Å²) < 4.78 is 0. The Labute approximate surface area is 173 Å². The van der Waals surface area contributed by atoms with E-state index in [9.17, 15) is 0 Å². The summed E-state index contributed by atoms with van der Waals surface area (Å²) in [6.07, 6.45) is 8.73. The third-order valence-corrected chi connectivity index (χ3v) is 5.58. The molecule has 1 aliphatic rings. The molecule has 1 aliphatic heterocycles. The Morgan fingerprint density at radius 3 is 2.66 bits per heavy atom. The van der Waals surface area contributed by atoms with Crippen LogP contribution in [0.5, 0.6) is 0 Å². The van der Waals surface area contributed by atoms with Crippen LogP contribution in [-0.4, -0.2) is 32.1 Å². The number of hydrogen-bond donors (Lipinski definition) is 3. The molecule has 152 valence electrons. The van der Waals surface area contributed by atoms with Gasteiger partial charge in [0.05, 0.1) is 5.69 Å². The Balaban J connectivity index is 1.59. The van der Waals surface area contributed by atoms with Gasteiger partial charge < -0.3 is 15.6 Å². The number of nitrogens with one attached hydrogen (secondary N) is 3. The standard InChI is InChI=1S/C24H31N5/c1-6-7-16-8-9-18-19(15-26-21(18)12-16)20-10-11-25-22(28-20)27-17-13-23(2,3)29-24(4,5)14-17/h6,8-12,15,17,26,29H,1,7,13-14H2,2-5H3,(H,25,27,28). The van der Waals surface area contributed by atoms with Crippen molar-refractivity contribution in [1.82, 2.24) is 20.3 Å². The van der Waals surface area contributed by atoms with Crippen LogP contribution in [0.4, 0.5) is 5.95 Å². The van der Waals surface area contributed by atoms with Gasteiger partial charge in [-0.05, 0) is 64.7 Å². The van der Waals surface area contributed by atoms with E-state index in [4.69, 9.17) is 4.98 Å². The number of piperidine rings is 1. The fourth-order valence-corrected chi connectivity index (χ4v) is 4.86. The SMILES string of the molecule is C=CCc1ccc2c(-c3ccnc(NC4CC(C)(C)NC(C)(C)C4)n3)c[nH]c2c1. The zero-order valence-electron chi connectivity index (χ0n) is 17.8. The lowest BCUT2D eigenvalue weighted by Gasteiger charge is -2.46. The molecule has 1 fully saturated rings. The van der Waals surface area contributed by atoms with Crippen molar-refractivity contribution in [3.05, 3.63) is 54.9 Å². The lowest BCUT2D eigenvalue weighted by molar-refractivity contribution is 0.170. The number of hydrogen-bond acceptors (Lipinski definition) is 4. The number of nitrogens with zero attached hydrogens (tertiary/aromatic N) is 2. The van der Waals surface area contributed by atoms with Gasteiger partial charge in [-0.3, -0.25) is 0 Å². The van der Waals surface area contributed by atoms with Crippen LogP contribution in [0.2, 0.25) is 0 Å². The number of aromatic nitrogens is 3. The highest BCUT2D eigenvalue weighted by atomic mass is 15.1. The monoisotopic (exact) mass is 389 g/mol. The maximum absolute atomic E-state index is 4.83. The average Bonchev–Trinajstić information content (AvgIpc) is 3.02.